The SMILES string of the molecule is CC.Cc1csc(-n2cc(-c3cccnc3)nn2)n1. The van der Waals surface area contributed by atoms with Gasteiger partial charge in [-0.3, -0.25) is 4.98 Å². The van der Waals surface area contributed by atoms with Crippen molar-refractivity contribution < 1.29 is 0 Å². The van der Waals surface area contributed by atoms with E-state index in [0.29, 0.717) is 0 Å². The van der Waals surface area contributed by atoms with E-state index in [0.717, 1.165) is 22.1 Å². The molecule has 98 valence electrons. The lowest BCUT2D eigenvalue weighted by molar-refractivity contribution is 0.795. The number of hydrogen-bond acceptors (Lipinski definition) is 5. The van der Waals surface area contributed by atoms with Gasteiger partial charge in [-0.2, -0.15) is 4.68 Å². The molecule has 0 bridgehead atoms. The fourth-order valence-electron chi connectivity index (χ4n) is 1.45. The van der Waals surface area contributed by atoms with Crippen molar-refractivity contribution in [3.63, 3.8) is 0 Å². The molecule has 3 heterocycles. The fourth-order valence-corrected chi connectivity index (χ4v) is 2.17. The zero-order chi connectivity index (χ0) is 13.7. The first-order chi connectivity index (χ1) is 9.33. The number of thiazole rings is 1. The molecule has 0 atom stereocenters. The molecule has 0 saturated heterocycles. The van der Waals surface area contributed by atoms with Gasteiger partial charge in [-0.25, -0.2) is 4.98 Å². The predicted molar refractivity (Wildman–Crippen MR) is 76.3 cm³/mol. The van der Waals surface area contributed by atoms with Gasteiger partial charge >= 0.3 is 0 Å². The minimum absolute atomic E-state index is 0.797. The van der Waals surface area contributed by atoms with E-state index < -0.39 is 0 Å². The first-order valence-electron chi connectivity index (χ1n) is 6.08. The van der Waals surface area contributed by atoms with Crippen molar-refractivity contribution in [2.45, 2.75) is 20.8 Å². The Hall–Kier alpha value is -2.08. The lowest BCUT2D eigenvalue weighted by Crippen LogP contribution is -1.93. The van der Waals surface area contributed by atoms with Gasteiger partial charge in [0.25, 0.3) is 0 Å². The lowest BCUT2D eigenvalue weighted by atomic mass is 10.2. The predicted octanol–water partition coefficient (Wildman–Crippen LogP) is 3.12. The quantitative estimate of drug-likeness (QED) is 0.720. The van der Waals surface area contributed by atoms with Crippen LogP contribution in [0.1, 0.15) is 19.5 Å². The standard InChI is InChI=1S/C11H9N5S.C2H6/c1-8-7-17-11(13-8)16-6-10(14-15-16)9-3-2-4-12-5-9;1-2/h2-7H,1H3;1-2H3. The Bertz CT molecular complexity index is 629. The Morgan fingerprint density at radius 3 is 2.74 bits per heavy atom. The van der Waals surface area contributed by atoms with Gasteiger partial charge in [0, 0.05) is 23.3 Å². The molecule has 0 amide bonds. The molecule has 0 fully saturated rings. The van der Waals surface area contributed by atoms with Crippen molar-refractivity contribution in [3.05, 3.63) is 41.8 Å². The van der Waals surface area contributed by atoms with E-state index in [1.54, 1.807) is 28.4 Å². The second kappa shape index (κ2) is 6.19. The molecule has 3 aromatic rings. The number of nitrogens with zero attached hydrogens (tertiary/aromatic N) is 5. The summed E-state index contributed by atoms with van der Waals surface area (Å²) in [4.78, 5) is 8.41. The fraction of sp³-hybridized carbons (Fsp3) is 0.231. The minimum Gasteiger partial charge on any atom is -0.264 e. The summed E-state index contributed by atoms with van der Waals surface area (Å²) in [5.74, 6) is 0. The largest absolute Gasteiger partial charge is 0.264 e. The first-order valence-corrected chi connectivity index (χ1v) is 6.96. The van der Waals surface area contributed by atoms with Gasteiger partial charge in [-0.05, 0) is 19.1 Å². The molecular weight excluding hydrogens is 258 g/mol. The second-order valence-electron chi connectivity index (χ2n) is 3.56. The van der Waals surface area contributed by atoms with Gasteiger partial charge in [0.2, 0.25) is 5.13 Å². The van der Waals surface area contributed by atoms with E-state index in [-0.39, 0.29) is 0 Å². The van der Waals surface area contributed by atoms with Crippen molar-refractivity contribution in [2.75, 3.05) is 0 Å². The van der Waals surface area contributed by atoms with E-state index in [4.69, 9.17) is 0 Å². The summed E-state index contributed by atoms with van der Waals surface area (Å²) in [6.07, 6.45) is 5.36. The van der Waals surface area contributed by atoms with Gasteiger partial charge in [0.1, 0.15) is 5.69 Å². The van der Waals surface area contributed by atoms with Crippen LogP contribution in [0.4, 0.5) is 0 Å². The van der Waals surface area contributed by atoms with Crippen molar-refractivity contribution in [1.82, 2.24) is 25.0 Å². The third kappa shape index (κ3) is 3.03. The Balaban J connectivity index is 0.000000637. The highest BCUT2D eigenvalue weighted by Crippen LogP contribution is 2.18. The average Bonchev–Trinajstić information content (AvgIpc) is 3.10. The second-order valence-corrected chi connectivity index (χ2v) is 4.40. The number of rotatable bonds is 2. The van der Waals surface area contributed by atoms with Crippen molar-refractivity contribution >= 4 is 11.3 Å². The summed E-state index contributed by atoms with van der Waals surface area (Å²) < 4.78 is 1.68. The van der Waals surface area contributed by atoms with Crippen LogP contribution in [0.25, 0.3) is 16.4 Å². The summed E-state index contributed by atoms with van der Waals surface area (Å²) in [5.41, 5.74) is 2.74. The number of hydrogen-bond donors (Lipinski definition) is 0. The topological polar surface area (TPSA) is 56.5 Å². The molecular formula is C13H15N5S. The van der Waals surface area contributed by atoms with Crippen LogP contribution >= 0.6 is 11.3 Å². The summed E-state index contributed by atoms with van der Waals surface area (Å²) in [5, 5.41) is 11.0. The molecule has 0 aromatic carbocycles. The van der Waals surface area contributed by atoms with Gasteiger partial charge in [0.15, 0.2) is 0 Å². The maximum absolute atomic E-state index is 4.35. The lowest BCUT2D eigenvalue weighted by Gasteiger charge is -1.92. The summed E-state index contributed by atoms with van der Waals surface area (Å²) >= 11 is 1.54. The van der Waals surface area contributed by atoms with Gasteiger partial charge in [-0.15, -0.1) is 16.4 Å². The van der Waals surface area contributed by atoms with E-state index in [1.807, 2.05) is 44.5 Å². The van der Waals surface area contributed by atoms with Crippen LogP contribution in [-0.4, -0.2) is 25.0 Å². The summed E-state index contributed by atoms with van der Waals surface area (Å²) in [6.45, 7) is 5.96. The summed E-state index contributed by atoms with van der Waals surface area (Å²) in [7, 11) is 0. The molecule has 3 rings (SSSR count). The Labute approximate surface area is 116 Å². The van der Waals surface area contributed by atoms with Crippen molar-refractivity contribution in [2.24, 2.45) is 0 Å². The molecule has 6 heteroatoms. The molecule has 0 aliphatic carbocycles. The van der Waals surface area contributed by atoms with Crippen molar-refractivity contribution in [1.29, 1.82) is 0 Å². The molecule has 3 aromatic heterocycles. The number of pyridine rings is 1. The monoisotopic (exact) mass is 273 g/mol. The summed E-state index contributed by atoms with van der Waals surface area (Å²) in [6, 6.07) is 3.83. The third-order valence-corrected chi connectivity index (χ3v) is 3.20. The zero-order valence-electron chi connectivity index (χ0n) is 11.1. The van der Waals surface area contributed by atoms with Crippen LogP contribution in [0, 0.1) is 6.92 Å². The molecule has 0 unspecified atom stereocenters. The molecule has 0 saturated carbocycles. The van der Waals surface area contributed by atoms with Crippen molar-refractivity contribution in [3.8, 4) is 16.4 Å². The van der Waals surface area contributed by atoms with Gasteiger partial charge < -0.3 is 0 Å². The van der Waals surface area contributed by atoms with Gasteiger partial charge in [0.05, 0.1) is 11.9 Å². The smallest absolute Gasteiger partial charge is 0.211 e. The van der Waals surface area contributed by atoms with Crippen LogP contribution in [0.15, 0.2) is 36.1 Å². The maximum Gasteiger partial charge on any atom is 0.211 e. The van der Waals surface area contributed by atoms with E-state index in [9.17, 15) is 0 Å². The van der Waals surface area contributed by atoms with E-state index in [1.165, 1.54) is 0 Å². The normalized spacial score (nSPS) is 9.84. The van der Waals surface area contributed by atoms with Crippen LogP contribution in [0.3, 0.4) is 0 Å². The van der Waals surface area contributed by atoms with Crippen LogP contribution in [0.5, 0.6) is 0 Å². The molecule has 0 aliphatic rings. The highest BCUT2D eigenvalue weighted by atomic mass is 32.1. The highest BCUT2D eigenvalue weighted by molar-refractivity contribution is 7.12. The number of aryl methyl sites for hydroxylation is 1. The molecule has 19 heavy (non-hydrogen) atoms. The molecule has 0 radical (unpaired) electrons. The molecule has 0 spiro atoms. The van der Waals surface area contributed by atoms with Crippen LogP contribution in [-0.2, 0) is 0 Å². The molecule has 0 N–H and O–H groups in total. The maximum atomic E-state index is 4.35. The highest BCUT2D eigenvalue weighted by Gasteiger charge is 2.07. The first kappa shape index (κ1) is 13.4. The molecule has 5 nitrogen and oxygen atoms in total. The Morgan fingerprint density at radius 2 is 2.11 bits per heavy atom. The van der Waals surface area contributed by atoms with Gasteiger partial charge in [-0.1, -0.05) is 19.1 Å². The molecule has 0 aliphatic heterocycles. The zero-order valence-corrected chi connectivity index (χ0v) is 11.9. The number of aromatic nitrogens is 5. The average molecular weight is 273 g/mol. The Kier molecular flexibility index (Phi) is 4.35. The minimum atomic E-state index is 0.797. The van der Waals surface area contributed by atoms with Crippen LogP contribution in [0.2, 0.25) is 0 Å². The Morgan fingerprint density at radius 1 is 1.26 bits per heavy atom. The third-order valence-electron chi connectivity index (χ3n) is 2.25. The van der Waals surface area contributed by atoms with E-state index in [2.05, 4.69) is 20.3 Å². The van der Waals surface area contributed by atoms with Crippen LogP contribution < -0.4 is 0 Å². The van der Waals surface area contributed by atoms with E-state index >= 15 is 0 Å².